The molecule has 0 radical (unpaired) electrons. The Hall–Kier alpha value is -1.87. The van der Waals surface area contributed by atoms with Crippen LogP contribution in [0.25, 0.3) is 0 Å². The lowest BCUT2D eigenvalue weighted by atomic mass is 9.98. The number of rotatable bonds is 8. The smallest absolute Gasteiger partial charge is 0.222 e. The molecule has 2 aromatic rings. The van der Waals surface area contributed by atoms with Crippen LogP contribution in [-0.2, 0) is 17.8 Å². The van der Waals surface area contributed by atoms with Crippen LogP contribution in [0.5, 0.6) is 0 Å². The van der Waals surface area contributed by atoms with Crippen LogP contribution in [0.3, 0.4) is 0 Å². The number of carbonyl (C=O) groups is 1. The average Bonchev–Trinajstić information content (AvgIpc) is 2.65. The molecule has 0 aliphatic rings. The first kappa shape index (κ1) is 24.2. The van der Waals surface area contributed by atoms with Crippen molar-refractivity contribution in [2.75, 3.05) is 13.1 Å². The van der Waals surface area contributed by atoms with Gasteiger partial charge in [-0.25, -0.2) is 9.38 Å². The number of aliphatic imine (C=N–C) groups is 1. The quantitative estimate of drug-likeness (QED) is 0.284. The lowest BCUT2D eigenvalue weighted by Gasteiger charge is -2.17. The predicted octanol–water partition coefficient (Wildman–Crippen LogP) is 3.50. The summed E-state index contributed by atoms with van der Waals surface area (Å²) in [5.74, 6) is -0.607. The van der Waals surface area contributed by atoms with Gasteiger partial charge in [0.15, 0.2) is 5.96 Å². The highest BCUT2D eigenvalue weighted by Crippen LogP contribution is 2.15. The van der Waals surface area contributed by atoms with Gasteiger partial charge in [-0.2, -0.15) is 0 Å². The molecule has 2 aromatic carbocycles. The summed E-state index contributed by atoms with van der Waals surface area (Å²) >= 11 is 6.16. The molecule has 0 aromatic heterocycles. The molecule has 8 heteroatoms. The monoisotopic (exact) mass is 518 g/mol. The second-order valence-corrected chi connectivity index (χ2v) is 6.50. The lowest BCUT2D eigenvalue weighted by Crippen LogP contribution is -2.43. The number of primary amides is 1. The first-order valence-electron chi connectivity index (χ1n) is 8.79. The van der Waals surface area contributed by atoms with Crippen LogP contribution < -0.4 is 16.4 Å². The third-order valence-corrected chi connectivity index (χ3v) is 4.39. The summed E-state index contributed by atoms with van der Waals surface area (Å²) in [7, 11) is 0. The summed E-state index contributed by atoms with van der Waals surface area (Å²) in [5.41, 5.74) is 7.29. The molecule has 0 aliphatic carbocycles. The van der Waals surface area contributed by atoms with E-state index in [0.717, 1.165) is 11.1 Å². The van der Waals surface area contributed by atoms with E-state index in [2.05, 4.69) is 15.6 Å². The summed E-state index contributed by atoms with van der Waals surface area (Å²) in [4.78, 5) is 16.3. The topological polar surface area (TPSA) is 79.5 Å². The molecule has 2 rings (SSSR count). The van der Waals surface area contributed by atoms with Crippen molar-refractivity contribution in [3.05, 3.63) is 70.5 Å². The number of halogens is 3. The van der Waals surface area contributed by atoms with Crippen LogP contribution in [0.2, 0.25) is 5.02 Å². The van der Waals surface area contributed by atoms with Gasteiger partial charge in [-0.15, -0.1) is 24.0 Å². The first-order chi connectivity index (χ1) is 13.0. The molecule has 1 amide bonds. The Morgan fingerprint density at radius 3 is 2.46 bits per heavy atom. The van der Waals surface area contributed by atoms with E-state index in [1.807, 2.05) is 31.2 Å². The highest BCUT2D eigenvalue weighted by atomic mass is 127. The fraction of sp³-hybridized carbons (Fsp3) is 0.300. The van der Waals surface area contributed by atoms with E-state index in [1.165, 1.54) is 12.1 Å². The van der Waals surface area contributed by atoms with E-state index in [-0.39, 0.29) is 29.8 Å². The second kappa shape index (κ2) is 12.6. The number of carbonyl (C=O) groups excluding carboxylic acids is 1. The number of hydrogen-bond acceptors (Lipinski definition) is 2. The van der Waals surface area contributed by atoms with Crippen LogP contribution in [-0.4, -0.2) is 25.0 Å². The van der Waals surface area contributed by atoms with E-state index in [0.29, 0.717) is 37.0 Å². The molecular weight excluding hydrogens is 494 g/mol. The van der Waals surface area contributed by atoms with Crippen LogP contribution in [0.4, 0.5) is 4.39 Å². The molecule has 0 bridgehead atoms. The van der Waals surface area contributed by atoms with Gasteiger partial charge in [0.05, 0.1) is 12.5 Å². The minimum absolute atomic E-state index is 0. The van der Waals surface area contributed by atoms with E-state index in [9.17, 15) is 9.18 Å². The van der Waals surface area contributed by atoms with E-state index in [4.69, 9.17) is 17.3 Å². The highest BCUT2D eigenvalue weighted by Gasteiger charge is 2.16. The number of nitrogens with zero attached hydrogens (tertiary/aromatic N) is 1. The molecule has 4 N–H and O–H groups in total. The lowest BCUT2D eigenvalue weighted by molar-refractivity contribution is -0.121. The van der Waals surface area contributed by atoms with Crippen molar-refractivity contribution in [3.63, 3.8) is 0 Å². The maximum absolute atomic E-state index is 13.0. The third-order valence-electron chi connectivity index (χ3n) is 4.02. The maximum atomic E-state index is 13.0. The molecular formula is C20H25ClFIN4O. The normalized spacial score (nSPS) is 12.0. The predicted molar refractivity (Wildman–Crippen MR) is 122 cm³/mol. The van der Waals surface area contributed by atoms with Crippen molar-refractivity contribution in [3.8, 4) is 0 Å². The molecule has 0 aliphatic heterocycles. The number of nitrogens with two attached hydrogens (primary N) is 1. The zero-order chi connectivity index (χ0) is 19.6. The molecule has 0 fully saturated rings. The number of hydrogen-bond donors (Lipinski definition) is 3. The van der Waals surface area contributed by atoms with Crippen LogP contribution in [0, 0.1) is 11.7 Å². The fourth-order valence-electron chi connectivity index (χ4n) is 2.53. The van der Waals surface area contributed by atoms with Gasteiger partial charge in [0, 0.05) is 18.1 Å². The second-order valence-electron chi connectivity index (χ2n) is 6.10. The Morgan fingerprint density at radius 2 is 1.86 bits per heavy atom. The Kier molecular flexibility index (Phi) is 10.8. The largest absolute Gasteiger partial charge is 0.369 e. The minimum atomic E-state index is -0.445. The summed E-state index contributed by atoms with van der Waals surface area (Å²) < 4.78 is 13.0. The standard InChI is InChI=1S/C20H24ClFN4O.HI/c1-2-24-20(25-12-15-5-3-4-6-18(15)21)26-13-16(19(23)27)11-14-7-9-17(22)10-8-14;/h3-10,16H,2,11-13H2,1H3,(H2,23,27)(H2,24,25,26);1H. The van der Waals surface area contributed by atoms with Gasteiger partial charge < -0.3 is 16.4 Å². The van der Waals surface area contributed by atoms with Crippen molar-refractivity contribution in [2.45, 2.75) is 19.9 Å². The molecule has 0 saturated heterocycles. The molecule has 1 unspecified atom stereocenters. The van der Waals surface area contributed by atoms with Crippen molar-refractivity contribution in [1.29, 1.82) is 0 Å². The zero-order valence-electron chi connectivity index (χ0n) is 15.6. The highest BCUT2D eigenvalue weighted by molar-refractivity contribution is 14.0. The van der Waals surface area contributed by atoms with E-state index in [1.54, 1.807) is 12.1 Å². The Balaban J connectivity index is 0.00000392. The molecule has 0 saturated carbocycles. The SMILES string of the molecule is CCNC(=NCc1ccccc1Cl)NCC(Cc1ccc(F)cc1)C(N)=O.I. The van der Waals surface area contributed by atoms with Crippen LogP contribution in [0.15, 0.2) is 53.5 Å². The summed E-state index contributed by atoms with van der Waals surface area (Å²) in [6, 6.07) is 13.6. The summed E-state index contributed by atoms with van der Waals surface area (Å²) in [5, 5.41) is 6.93. The van der Waals surface area contributed by atoms with Crippen molar-refractivity contribution in [1.82, 2.24) is 10.6 Å². The molecule has 5 nitrogen and oxygen atoms in total. The van der Waals surface area contributed by atoms with Gasteiger partial charge in [-0.1, -0.05) is 41.9 Å². The Bertz CT molecular complexity index is 786. The van der Waals surface area contributed by atoms with Crippen molar-refractivity contribution >= 4 is 47.4 Å². The zero-order valence-corrected chi connectivity index (χ0v) is 18.7. The molecule has 152 valence electrons. The minimum Gasteiger partial charge on any atom is -0.369 e. The number of nitrogens with one attached hydrogen (secondary N) is 2. The number of guanidine groups is 1. The number of benzene rings is 2. The molecule has 1 atom stereocenters. The Labute approximate surface area is 187 Å². The first-order valence-corrected chi connectivity index (χ1v) is 9.16. The van der Waals surface area contributed by atoms with Crippen LogP contribution >= 0.6 is 35.6 Å². The van der Waals surface area contributed by atoms with Crippen LogP contribution in [0.1, 0.15) is 18.1 Å². The van der Waals surface area contributed by atoms with E-state index < -0.39 is 11.8 Å². The fourth-order valence-corrected chi connectivity index (χ4v) is 2.73. The van der Waals surface area contributed by atoms with Gasteiger partial charge in [-0.3, -0.25) is 4.79 Å². The molecule has 28 heavy (non-hydrogen) atoms. The van der Waals surface area contributed by atoms with Crippen molar-refractivity contribution < 1.29 is 9.18 Å². The Morgan fingerprint density at radius 1 is 1.18 bits per heavy atom. The average molecular weight is 519 g/mol. The summed E-state index contributed by atoms with van der Waals surface area (Å²) in [6.07, 6.45) is 0.423. The number of amides is 1. The third kappa shape index (κ3) is 8.02. The van der Waals surface area contributed by atoms with Gasteiger partial charge >= 0.3 is 0 Å². The maximum Gasteiger partial charge on any atom is 0.222 e. The van der Waals surface area contributed by atoms with Gasteiger partial charge in [0.1, 0.15) is 5.82 Å². The van der Waals surface area contributed by atoms with Crippen molar-refractivity contribution in [2.24, 2.45) is 16.6 Å². The van der Waals surface area contributed by atoms with E-state index >= 15 is 0 Å². The van der Waals surface area contributed by atoms with Gasteiger partial charge in [0.25, 0.3) is 0 Å². The molecule has 0 spiro atoms. The van der Waals surface area contributed by atoms with Gasteiger partial charge in [0.2, 0.25) is 5.91 Å². The van der Waals surface area contributed by atoms with Gasteiger partial charge in [-0.05, 0) is 42.7 Å². The molecule has 0 heterocycles. The summed E-state index contributed by atoms with van der Waals surface area (Å²) in [6.45, 7) is 3.36.